The van der Waals surface area contributed by atoms with E-state index in [9.17, 15) is 9.59 Å². The van der Waals surface area contributed by atoms with Crippen LogP contribution in [0.3, 0.4) is 0 Å². The Morgan fingerprint density at radius 3 is 2.14 bits per heavy atom. The molecule has 2 atom stereocenters. The number of rotatable bonds is 2. The molecule has 8 nitrogen and oxygen atoms in total. The summed E-state index contributed by atoms with van der Waals surface area (Å²) in [6, 6.07) is 6.71. The highest BCUT2D eigenvalue weighted by atomic mass is 16.3. The van der Waals surface area contributed by atoms with E-state index in [4.69, 9.17) is 19.4 Å². The zero-order chi connectivity index (χ0) is 20.7. The molecule has 29 heavy (non-hydrogen) atoms. The molecular formula is C21H20N4O4. The van der Waals surface area contributed by atoms with Crippen molar-refractivity contribution in [2.75, 3.05) is 19.6 Å². The molecule has 4 rings (SSSR count). The average Bonchev–Trinajstić information content (AvgIpc) is 3.42. The van der Waals surface area contributed by atoms with Gasteiger partial charge in [-0.3, -0.25) is 9.59 Å². The maximum absolute atomic E-state index is 13.1. The van der Waals surface area contributed by atoms with Crippen LogP contribution in [0.25, 0.3) is 0 Å². The van der Waals surface area contributed by atoms with Crippen molar-refractivity contribution in [3.8, 4) is 12.1 Å². The van der Waals surface area contributed by atoms with E-state index in [1.807, 2.05) is 17.0 Å². The predicted molar refractivity (Wildman–Crippen MR) is 99.8 cm³/mol. The molecular weight excluding hydrogens is 372 g/mol. The SMILES string of the molecule is Cc1oc(C#N)cc1C(=O)N1C[C@@H]2CCCN(C(=O)c3cc(C#N)oc3C)[C@@H]2C1. The third kappa shape index (κ3) is 3.17. The summed E-state index contributed by atoms with van der Waals surface area (Å²) in [5, 5.41) is 18.0. The van der Waals surface area contributed by atoms with Gasteiger partial charge in [-0.05, 0) is 32.6 Å². The van der Waals surface area contributed by atoms with Crippen LogP contribution in [0.1, 0.15) is 56.6 Å². The van der Waals surface area contributed by atoms with Crippen molar-refractivity contribution < 1.29 is 18.4 Å². The summed E-state index contributed by atoms with van der Waals surface area (Å²) in [7, 11) is 0. The Hall–Kier alpha value is -3.52. The maximum atomic E-state index is 13.1. The Kier molecular flexibility index (Phi) is 4.63. The van der Waals surface area contributed by atoms with Crippen LogP contribution in [0.5, 0.6) is 0 Å². The summed E-state index contributed by atoms with van der Waals surface area (Å²) >= 11 is 0. The molecule has 0 spiro atoms. The number of amides is 2. The summed E-state index contributed by atoms with van der Waals surface area (Å²) in [5.74, 6) is 0.935. The number of carbonyl (C=O) groups excluding carboxylic acids is 2. The Balaban J connectivity index is 1.55. The fourth-order valence-electron chi connectivity index (χ4n) is 4.42. The molecule has 2 aliphatic heterocycles. The minimum atomic E-state index is -0.180. The van der Waals surface area contributed by atoms with Gasteiger partial charge in [0.25, 0.3) is 11.8 Å². The minimum absolute atomic E-state index is 0.0809. The van der Waals surface area contributed by atoms with Crippen molar-refractivity contribution in [2.24, 2.45) is 5.92 Å². The van der Waals surface area contributed by atoms with E-state index in [-0.39, 0.29) is 35.3 Å². The molecule has 8 heteroatoms. The number of hydrogen-bond acceptors (Lipinski definition) is 6. The predicted octanol–water partition coefficient (Wildman–Crippen LogP) is 2.61. The lowest BCUT2D eigenvalue weighted by atomic mass is 9.91. The van der Waals surface area contributed by atoms with Crippen LogP contribution in [0.2, 0.25) is 0 Å². The summed E-state index contributed by atoms with van der Waals surface area (Å²) in [5.41, 5.74) is 0.790. The first-order valence-corrected chi connectivity index (χ1v) is 9.54. The van der Waals surface area contributed by atoms with Gasteiger partial charge >= 0.3 is 0 Å². The van der Waals surface area contributed by atoms with Crippen LogP contribution in [0, 0.1) is 42.4 Å². The van der Waals surface area contributed by atoms with Crippen LogP contribution in [0.4, 0.5) is 0 Å². The Bertz CT molecular complexity index is 1070. The second kappa shape index (κ2) is 7.14. The number of hydrogen-bond donors (Lipinski definition) is 0. The standard InChI is InChI=1S/C21H20N4O4/c1-12-17(6-15(8-22)28-12)20(26)24-10-14-4-3-5-25(19(14)11-24)21(27)18-7-16(9-23)29-13(18)2/h6-7,14,19H,3-5,10-11H2,1-2H3/t14-,19+/m0/s1. The van der Waals surface area contributed by atoms with Gasteiger partial charge < -0.3 is 18.6 Å². The van der Waals surface area contributed by atoms with Gasteiger partial charge in [-0.25, -0.2) is 0 Å². The Morgan fingerprint density at radius 1 is 1.00 bits per heavy atom. The van der Waals surface area contributed by atoms with Gasteiger partial charge in [-0.2, -0.15) is 10.5 Å². The highest BCUT2D eigenvalue weighted by Crippen LogP contribution is 2.33. The Labute approximate surface area is 167 Å². The number of carbonyl (C=O) groups is 2. The van der Waals surface area contributed by atoms with Gasteiger partial charge in [-0.15, -0.1) is 0 Å². The van der Waals surface area contributed by atoms with Crippen molar-refractivity contribution in [1.82, 2.24) is 9.80 Å². The smallest absolute Gasteiger partial charge is 0.257 e. The number of nitrogens with zero attached hydrogens (tertiary/aromatic N) is 4. The van der Waals surface area contributed by atoms with Crippen molar-refractivity contribution >= 4 is 11.8 Å². The molecule has 0 radical (unpaired) electrons. The van der Waals surface area contributed by atoms with Crippen LogP contribution in [0.15, 0.2) is 21.0 Å². The third-order valence-corrected chi connectivity index (χ3v) is 5.85. The third-order valence-electron chi connectivity index (χ3n) is 5.85. The van der Waals surface area contributed by atoms with Crippen molar-refractivity contribution in [3.63, 3.8) is 0 Å². The highest BCUT2D eigenvalue weighted by molar-refractivity contribution is 5.97. The van der Waals surface area contributed by atoms with Crippen LogP contribution in [-0.4, -0.2) is 47.3 Å². The van der Waals surface area contributed by atoms with Crippen molar-refractivity contribution in [2.45, 2.75) is 32.7 Å². The van der Waals surface area contributed by atoms with Gasteiger partial charge in [0.1, 0.15) is 23.7 Å². The molecule has 2 aromatic rings. The molecule has 0 unspecified atom stereocenters. The lowest BCUT2D eigenvalue weighted by Gasteiger charge is -2.36. The first kappa shape index (κ1) is 18.8. The molecule has 0 saturated carbocycles. The largest absolute Gasteiger partial charge is 0.450 e. The second-order valence-electron chi connectivity index (χ2n) is 7.56. The van der Waals surface area contributed by atoms with Gasteiger partial charge in [0, 0.05) is 31.8 Å². The Morgan fingerprint density at radius 2 is 1.59 bits per heavy atom. The van der Waals surface area contributed by atoms with Crippen molar-refractivity contribution in [3.05, 3.63) is 46.3 Å². The van der Waals surface area contributed by atoms with E-state index in [1.165, 1.54) is 12.1 Å². The number of likely N-dealkylation sites (tertiary alicyclic amines) is 2. The molecule has 2 fully saturated rings. The van der Waals surface area contributed by atoms with Crippen LogP contribution >= 0.6 is 0 Å². The quantitative estimate of drug-likeness (QED) is 0.776. The molecule has 0 bridgehead atoms. The molecule has 2 amide bonds. The summed E-state index contributed by atoms with van der Waals surface area (Å²) in [6.07, 6.45) is 1.81. The zero-order valence-electron chi connectivity index (χ0n) is 16.3. The molecule has 0 aromatic carbocycles. The average molecular weight is 392 g/mol. The van der Waals surface area contributed by atoms with E-state index in [2.05, 4.69) is 0 Å². The molecule has 2 aliphatic rings. The monoisotopic (exact) mass is 392 g/mol. The fourth-order valence-corrected chi connectivity index (χ4v) is 4.42. The summed E-state index contributed by atoms with van der Waals surface area (Å²) in [6.45, 7) is 4.95. The number of furan rings is 2. The molecule has 2 aromatic heterocycles. The maximum Gasteiger partial charge on any atom is 0.257 e. The van der Waals surface area contributed by atoms with Crippen molar-refractivity contribution in [1.29, 1.82) is 10.5 Å². The first-order valence-electron chi connectivity index (χ1n) is 9.54. The molecule has 0 N–H and O–H groups in total. The first-order chi connectivity index (χ1) is 13.9. The lowest BCUT2D eigenvalue weighted by molar-refractivity contribution is 0.0562. The van der Waals surface area contributed by atoms with E-state index < -0.39 is 0 Å². The minimum Gasteiger partial charge on any atom is -0.450 e. The number of fused-ring (bicyclic) bond motifs is 1. The van der Waals surface area contributed by atoms with Crippen LogP contribution in [-0.2, 0) is 0 Å². The lowest BCUT2D eigenvalue weighted by Crippen LogP contribution is -2.48. The van der Waals surface area contributed by atoms with E-state index >= 15 is 0 Å². The number of aryl methyl sites for hydroxylation is 2. The van der Waals surface area contributed by atoms with E-state index in [1.54, 1.807) is 18.7 Å². The molecule has 0 aliphatic carbocycles. The van der Waals surface area contributed by atoms with E-state index in [0.29, 0.717) is 42.3 Å². The highest BCUT2D eigenvalue weighted by Gasteiger charge is 2.43. The topological polar surface area (TPSA) is 114 Å². The number of piperidine rings is 1. The van der Waals surface area contributed by atoms with E-state index in [0.717, 1.165) is 12.8 Å². The second-order valence-corrected chi connectivity index (χ2v) is 7.56. The molecule has 148 valence electrons. The zero-order valence-corrected chi connectivity index (χ0v) is 16.3. The normalized spacial score (nSPS) is 20.8. The fraction of sp³-hybridized carbons (Fsp3) is 0.429. The van der Waals surface area contributed by atoms with Gasteiger partial charge in [0.15, 0.2) is 0 Å². The van der Waals surface area contributed by atoms with Crippen LogP contribution < -0.4 is 0 Å². The summed E-state index contributed by atoms with van der Waals surface area (Å²) < 4.78 is 10.6. The molecule has 2 saturated heterocycles. The molecule has 4 heterocycles. The summed E-state index contributed by atoms with van der Waals surface area (Å²) in [4.78, 5) is 29.7. The van der Waals surface area contributed by atoms with Gasteiger partial charge in [-0.1, -0.05) is 0 Å². The number of nitriles is 2. The van der Waals surface area contributed by atoms with Gasteiger partial charge in [0.2, 0.25) is 11.5 Å². The van der Waals surface area contributed by atoms with Gasteiger partial charge in [0.05, 0.1) is 17.2 Å².